The van der Waals surface area contributed by atoms with Crippen LogP contribution in [0.5, 0.6) is 0 Å². The minimum Gasteiger partial charge on any atom is -0.394 e. The third-order valence-electron chi connectivity index (χ3n) is 3.03. The molecule has 0 aliphatic carbocycles. The maximum atomic E-state index is 9.18. The second-order valence-electron chi connectivity index (χ2n) is 4.68. The molecule has 2 heterocycles. The minimum absolute atomic E-state index is 0.0202. The van der Waals surface area contributed by atoms with Crippen LogP contribution in [0.2, 0.25) is 5.15 Å². The third kappa shape index (κ3) is 2.74. The zero-order valence-electron chi connectivity index (χ0n) is 10.6. The molecule has 1 aromatic rings. The Morgan fingerprint density at radius 2 is 2.33 bits per heavy atom. The molecule has 18 heavy (non-hydrogen) atoms. The third-order valence-corrected chi connectivity index (χ3v) is 3.33. The molecule has 100 valence electrons. The van der Waals surface area contributed by atoms with Crippen LogP contribution in [0.25, 0.3) is 0 Å². The summed E-state index contributed by atoms with van der Waals surface area (Å²) in [4.78, 5) is 10.5. The van der Waals surface area contributed by atoms with Gasteiger partial charge in [0.05, 0.1) is 19.3 Å². The zero-order valence-corrected chi connectivity index (χ0v) is 11.4. The normalized spacial score (nSPS) is 20.5. The summed E-state index contributed by atoms with van der Waals surface area (Å²) >= 11 is 6.16. The zero-order chi connectivity index (χ0) is 13.1. The number of hydrogen-bond acceptors (Lipinski definition) is 5. The molecule has 1 saturated heterocycles. The number of morpholine rings is 1. The van der Waals surface area contributed by atoms with E-state index in [2.05, 4.69) is 28.7 Å². The summed E-state index contributed by atoms with van der Waals surface area (Å²) in [6.07, 6.45) is 1.32. The van der Waals surface area contributed by atoms with Gasteiger partial charge in [-0.15, -0.1) is 0 Å². The average Bonchev–Trinajstić information content (AvgIpc) is 2.38. The van der Waals surface area contributed by atoms with E-state index in [0.29, 0.717) is 18.3 Å². The van der Waals surface area contributed by atoms with E-state index in [0.717, 1.165) is 17.9 Å². The SMILES string of the molecule is CC(C)c1c(Cl)ncnc1N1CCOC(CO)C1. The predicted octanol–water partition coefficient (Wildman–Crippen LogP) is 1.45. The highest BCUT2D eigenvalue weighted by Crippen LogP contribution is 2.31. The average molecular weight is 272 g/mol. The van der Waals surface area contributed by atoms with Gasteiger partial charge >= 0.3 is 0 Å². The van der Waals surface area contributed by atoms with Gasteiger partial charge in [0.2, 0.25) is 0 Å². The molecular formula is C12H18ClN3O2. The van der Waals surface area contributed by atoms with Gasteiger partial charge < -0.3 is 14.7 Å². The van der Waals surface area contributed by atoms with Crippen LogP contribution in [-0.4, -0.2) is 47.5 Å². The maximum absolute atomic E-state index is 9.18. The summed E-state index contributed by atoms with van der Waals surface area (Å²) in [6.45, 7) is 6.12. The van der Waals surface area contributed by atoms with E-state index in [1.807, 2.05) is 0 Å². The van der Waals surface area contributed by atoms with Crippen LogP contribution < -0.4 is 4.90 Å². The fourth-order valence-electron chi connectivity index (χ4n) is 2.14. The van der Waals surface area contributed by atoms with Crippen molar-refractivity contribution in [2.45, 2.75) is 25.9 Å². The van der Waals surface area contributed by atoms with Crippen LogP contribution in [0.3, 0.4) is 0 Å². The first kappa shape index (κ1) is 13.5. The second kappa shape index (κ2) is 5.82. The molecule has 2 rings (SSSR count). The second-order valence-corrected chi connectivity index (χ2v) is 5.04. The van der Waals surface area contributed by atoms with Crippen LogP contribution in [0.15, 0.2) is 6.33 Å². The van der Waals surface area contributed by atoms with Crippen molar-refractivity contribution in [3.63, 3.8) is 0 Å². The lowest BCUT2D eigenvalue weighted by atomic mass is 10.1. The van der Waals surface area contributed by atoms with E-state index < -0.39 is 0 Å². The highest BCUT2D eigenvalue weighted by atomic mass is 35.5. The van der Waals surface area contributed by atoms with Crippen molar-refractivity contribution in [1.29, 1.82) is 0 Å². The standard InChI is InChI=1S/C12H18ClN3O2/c1-8(2)10-11(13)14-7-15-12(10)16-3-4-18-9(5-16)6-17/h7-9,17H,3-6H2,1-2H3. The molecule has 1 aliphatic rings. The number of nitrogens with zero attached hydrogens (tertiary/aromatic N) is 3. The number of halogens is 1. The molecule has 1 unspecified atom stereocenters. The lowest BCUT2D eigenvalue weighted by Gasteiger charge is -2.34. The fourth-order valence-corrected chi connectivity index (χ4v) is 2.48. The summed E-state index contributed by atoms with van der Waals surface area (Å²) in [5.41, 5.74) is 0.956. The minimum atomic E-state index is -0.160. The summed E-state index contributed by atoms with van der Waals surface area (Å²) in [5, 5.41) is 9.68. The Morgan fingerprint density at radius 1 is 1.56 bits per heavy atom. The van der Waals surface area contributed by atoms with E-state index >= 15 is 0 Å². The number of aromatic nitrogens is 2. The first-order valence-electron chi connectivity index (χ1n) is 6.11. The molecule has 0 radical (unpaired) electrons. The molecule has 0 amide bonds. The van der Waals surface area contributed by atoms with E-state index in [9.17, 15) is 5.11 Å². The molecule has 5 nitrogen and oxygen atoms in total. The first-order valence-corrected chi connectivity index (χ1v) is 6.49. The summed E-state index contributed by atoms with van der Waals surface area (Å²) in [7, 11) is 0. The van der Waals surface area contributed by atoms with Gasteiger partial charge in [0, 0.05) is 18.7 Å². The number of aliphatic hydroxyl groups is 1. The molecule has 0 spiro atoms. The van der Waals surface area contributed by atoms with Crippen LogP contribution in [0.4, 0.5) is 5.82 Å². The number of anilines is 1. The van der Waals surface area contributed by atoms with Crippen molar-refractivity contribution in [3.8, 4) is 0 Å². The van der Waals surface area contributed by atoms with Crippen molar-refractivity contribution in [1.82, 2.24) is 9.97 Å². The molecule has 1 fully saturated rings. The molecule has 1 N–H and O–H groups in total. The van der Waals surface area contributed by atoms with Crippen molar-refractivity contribution < 1.29 is 9.84 Å². The fraction of sp³-hybridized carbons (Fsp3) is 0.667. The number of rotatable bonds is 3. The van der Waals surface area contributed by atoms with Crippen molar-refractivity contribution in [2.24, 2.45) is 0 Å². The lowest BCUT2D eigenvalue weighted by molar-refractivity contribution is 0.00330. The van der Waals surface area contributed by atoms with Crippen LogP contribution in [-0.2, 0) is 4.74 Å². The van der Waals surface area contributed by atoms with Crippen molar-refractivity contribution in [3.05, 3.63) is 17.0 Å². The van der Waals surface area contributed by atoms with Gasteiger partial charge in [-0.1, -0.05) is 25.4 Å². The molecule has 0 aromatic carbocycles. The largest absolute Gasteiger partial charge is 0.394 e. The Balaban J connectivity index is 2.29. The Kier molecular flexibility index (Phi) is 4.37. The van der Waals surface area contributed by atoms with Gasteiger partial charge in [-0.25, -0.2) is 9.97 Å². The molecular weight excluding hydrogens is 254 g/mol. The highest BCUT2D eigenvalue weighted by Gasteiger charge is 2.25. The van der Waals surface area contributed by atoms with Crippen molar-refractivity contribution in [2.75, 3.05) is 31.2 Å². The van der Waals surface area contributed by atoms with Gasteiger partial charge in [-0.3, -0.25) is 0 Å². The number of aliphatic hydroxyl groups excluding tert-OH is 1. The highest BCUT2D eigenvalue weighted by molar-refractivity contribution is 6.30. The maximum Gasteiger partial charge on any atom is 0.138 e. The molecule has 6 heteroatoms. The smallest absolute Gasteiger partial charge is 0.138 e. The topological polar surface area (TPSA) is 58.5 Å². The first-order chi connectivity index (χ1) is 8.63. The number of ether oxygens (including phenoxy) is 1. The molecule has 0 bridgehead atoms. The molecule has 1 aromatic heterocycles. The summed E-state index contributed by atoms with van der Waals surface area (Å²) < 4.78 is 5.44. The van der Waals surface area contributed by atoms with Gasteiger partial charge in [-0.2, -0.15) is 0 Å². The number of hydrogen-bond donors (Lipinski definition) is 1. The summed E-state index contributed by atoms with van der Waals surface area (Å²) in [5.74, 6) is 1.11. The van der Waals surface area contributed by atoms with Gasteiger partial charge in [0.25, 0.3) is 0 Å². The van der Waals surface area contributed by atoms with E-state index in [4.69, 9.17) is 16.3 Å². The Morgan fingerprint density at radius 3 is 3.00 bits per heavy atom. The predicted molar refractivity (Wildman–Crippen MR) is 70.2 cm³/mol. The van der Waals surface area contributed by atoms with Gasteiger partial charge in [0.1, 0.15) is 17.3 Å². The van der Waals surface area contributed by atoms with Gasteiger partial charge in [-0.05, 0) is 5.92 Å². The summed E-state index contributed by atoms with van der Waals surface area (Å²) in [6, 6.07) is 0. The van der Waals surface area contributed by atoms with Crippen LogP contribution in [0, 0.1) is 0 Å². The van der Waals surface area contributed by atoms with Crippen molar-refractivity contribution >= 4 is 17.4 Å². The quantitative estimate of drug-likeness (QED) is 0.844. The Labute approximate surface area is 112 Å². The van der Waals surface area contributed by atoms with E-state index in [1.54, 1.807) is 0 Å². The molecule has 1 aliphatic heterocycles. The Bertz CT molecular complexity index is 414. The molecule has 0 saturated carbocycles. The van der Waals surface area contributed by atoms with Crippen LogP contribution in [0.1, 0.15) is 25.3 Å². The lowest BCUT2D eigenvalue weighted by Crippen LogP contribution is -2.45. The van der Waals surface area contributed by atoms with Gasteiger partial charge in [0.15, 0.2) is 0 Å². The Hall–Kier alpha value is -0.910. The van der Waals surface area contributed by atoms with E-state index in [1.165, 1.54) is 6.33 Å². The van der Waals surface area contributed by atoms with E-state index in [-0.39, 0.29) is 18.6 Å². The monoisotopic (exact) mass is 271 g/mol. The van der Waals surface area contributed by atoms with Crippen LogP contribution >= 0.6 is 11.6 Å². The molecule has 1 atom stereocenters.